The van der Waals surface area contributed by atoms with Gasteiger partial charge in [0.2, 0.25) is 11.8 Å². The molecule has 0 spiro atoms. The molecule has 0 aliphatic carbocycles. The molecule has 9 heteroatoms. The van der Waals surface area contributed by atoms with Gasteiger partial charge in [-0.3, -0.25) is 39.1 Å². The fraction of sp³-hybridized carbons (Fsp3) is 0.458. The quantitative estimate of drug-likeness (QED) is 0.409. The Morgan fingerprint density at radius 3 is 2.48 bits per heavy atom. The number of nitrogens with zero attached hydrogens (tertiary/aromatic N) is 2. The van der Waals surface area contributed by atoms with Gasteiger partial charge < -0.3 is 4.74 Å². The number of carbonyl (C=O) groups excluding carboxylic acids is 5. The summed E-state index contributed by atoms with van der Waals surface area (Å²) in [5.41, 5.74) is 0.506. The molecule has 33 heavy (non-hydrogen) atoms. The molecule has 1 unspecified atom stereocenters. The average Bonchev–Trinajstić information content (AvgIpc) is 2.92. The predicted octanol–water partition coefficient (Wildman–Crippen LogP) is 0.713. The molecule has 3 aliphatic rings. The van der Waals surface area contributed by atoms with Gasteiger partial charge >= 0.3 is 5.97 Å². The van der Waals surface area contributed by atoms with Crippen LogP contribution in [0.4, 0.5) is 0 Å². The maximum Gasteiger partial charge on any atom is 0.320 e. The third-order valence-corrected chi connectivity index (χ3v) is 5.59. The molecular weight excluding hydrogens is 426 g/mol. The molecule has 0 aromatic heterocycles. The van der Waals surface area contributed by atoms with Crippen LogP contribution in [0.1, 0.15) is 59.9 Å². The van der Waals surface area contributed by atoms with Crippen molar-refractivity contribution >= 4 is 29.6 Å². The number of likely N-dealkylation sites (tertiary alicyclic amines) is 1. The van der Waals surface area contributed by atoms with E-state index in [1.165, 1.54) is 0 Å². The summed E-state index contributed by atoms with van der Waals surface area (Å²) in [4.78, 5) is 63.9. The maximum absolute atomic E-state index is 12.9. The Morgan fingerprint density at radius 2 is 1.82 bits per heavy atom. The first-order valence-corrected chi connectivity index (χ1v) is 10.8. The standard InChI is InChI=1S/C24H25N3O6/c1-24(2,3)33-20(29)13-26-11-15(12-26)5-4-14-6-7-16-17(10-14)23(32)27(22(16)31)18-8-9-19(28)25-21(18)30/h6-7,10,15,18H,8-9,11-13H2,1-3H3,(H,25,28,30). The van der Waals surface area contributed by atoms with Crippen LogP contribution in [0.3, 0.4) is 0 Å². The van der Waals surface area contributed by atoms with E-state index < -0.39 is 35.3 Å². The minimum absolute atomic E-state index is 0.0763. The van der Waals surface area contributed by atoms with Gasteiger partial charge in [-0.05, 0) is 45.4 Å². The highest BCUT2D eigenvalue weighted by atomic mass is 16.6. The molecule has 4 rings (SSSR count). The third-order valence-electron chi connectivity index (χ3n) is 5.59. The van der Waals surface area contributed by atoms with Crippen LogP contribution in [-0.4, -0.2) is 70.7 Å². The average molecular weight is 451 g/mol. The molecule has 1 N–H and O–H groups in total. The van der Waals surface area contributed by atoms with Crippen LogP contribution in [0.15, 0.2) is 18.2 Å². The van der Waals surface area contributed by atoms with E-state index in [-0.39, 0.29) is 42.4 Å². The number of nitrogens with one attached hydrogen (secondary N) is 1. The van der Waals surface area contributed by atoms with Gasteiger partial charge in [0.15, 0.2) is 0 Å². The van der Waals surface area contributed by atoms with Crippen molar-refractivity contribution in [2.75, 3.05) is 19.6 Å². The monoisotopic (exact) mass is 451 g/mol. The summed E-state index contributed by atoms with van der Waals surface area (Å²) < 4.78 is 5.31. The summed E-state index contributed by atoms with van der Waals surface area (Å²) in [6, 6.07) is 3.78. The van der Waals surface area contributed by atoms with Gasteiger partial charge in [0.25, 0.3) is 11.8 Å². The van der Waals surface area contributed by atoms with E-state index in [1.807, 2.05) is 25.7 Å². The molecule has 0 radical (unpaired) electrons. The van der Waals surface area contributed by atoms with Gasteiger partial charge in [0.1, 0.15) is 11.6 Å². The van der Waals surface area contributed by atoms with Gasteiger partial charge in [-0.2, -0.15) is 0 Å². The number of esters is 1. The lowest BCUT2D eigenvalue weighted by atomic mass is 9.99. The third kappa shape index (κ3) is 4.81. The van der Waals surface area contributed by atoms with E-state index in [0.717, 1.165) is 4.90 Å². The first kappa shape index (κ1) is 22.7. The smallest absolute Gasteiger partial charge is 0.320 e. The summed E-state index contributed by atoms with van der Waals surface area (Å²) in [5.74, 6) is 3.85. The van der Waals surface area contributed by atoms with E-state index in [0.29, 0.717) is 18.7 Å². The van der Waals surface area contributed by atoms with Gasteiger partial charge in [-0.1, -0.05) is 11.8 Å². The van der Waals surface area contributed by atoms with Crippen molar-refractivity contribution < 1.29 is 28.7 Å². The largest absolute Gasteiger partial charge is 0.459 e. The van der Waals surface area contributed by atoms with Crippen molar-refractivity contribution in [3.63, 3.8) is 0 Å². The molecule has 0 saturated carbocycles. The number of ether oxygens (including phenoxy) is 1. The number of fused-ring (bicyclic) bond motifs is 1. The van der Waals surface area contributed by atoms with Crippen molar-refractivity contribution in [1.29, 1.82) is 0 Å². The SMILES string of the molecule is CC(C)(C)OC(=O)CN1CC(C#Cc2ccc3c(c2)C(=O)N(C2CCC(=O)NC2=O)C3=O)C1. The number of amides is 4. The Balaban J connectivity index is 1.38. The predicted molar refractivity (Wildman–Crippen MR) is 116 cm³/mol. The topological polar surface area (TPSA) is 113 Å². The number of rotatable bonds is 3. The van der Waals surface area contributed by atoms with Gasteiger partial charge in [0, 0.05) is 31.0 Å². The first-order valence-electron chi connectivity index (χ1n) is 10.8. The van der Waals surface area contributed by atoms with E-state index >= 15 is 0 Å². The van der Waals surface area contributed by atoms with Crippen molar-refractivity contribution in [3.05, 3.63) is 34.9 Å². The van der Waals surface area contributed by atoms with Crippen molar-refractivity contribution in [1.82, 2.24) is 15.1 Å². The molecule has 1 atom stereocenters. The molecule has 0 bridgehead atoms. The molecule has 1 aromatic carbocycles. The van der Waals surface area contributed by atoms with Gasteiger partial charge in [0.05, 0.1) is 17.7 Å². The van der Waals surface area contributed by atoms with Gasteiger partial charge in [-0.15, -0.1) is 0 Å². The summed E-state index contributed by atoms with van der Waals surface area (Å²) in [6.45, 7) is 7.01. The molecular formula is C24H25N3O6. The highest BCUT2D eigenvalue weighted by Crippen LogP contribution is 2.28. The van der Waals surface area contributed by atoms with Gasteiger partial charge in [-0.25, -0.2) is 0 Å². The van der Waals surface area contributed by atoms with Crippen molar-refractivity contribution in [2.24, 2.45) is 5.92 Å². The Hall–Kier alpha value is -3.51. The van der Waals surface area contributed by atoms with Crippen LogP contribution in [0.2, 0.25) is 0 Å². The zero-order valence-electron chi connectivity index (χ0n) is 18.8. The summed E-state index contributed by atoms with van der Waals surface area (Å²) in [7, 11) is 0. The normalized spacial score (nSPS) is 21.2. The van der Waals surface area contributed by atoms with Crippen LogP contribution in [0, 0.1) is 17.8 Å². The molecule has 9 nitrogen and oxygen atoms in total. The lowest BCUT2D eigenvalue weighted by Crippen LogP contribution is -2.54. The van der Waals surface area contributed by atoms with Crippen LogP contribution < -0.4 is 5.32 Å². The summed E-state index contributed by atoms with van der Waals surface area (Å²) >= 11 is 0. The fourth-order valence-electron chi connectivity index (χ4n) is 4.08. The number of hydrogen-bond acceptors (Lipinski definition) is 7. The summed E-state index contributed by atoms with van der Waals surface area (Å²) in [5, 5.41) is 2.18. The van der Waals surface area contributed by atoms with E-state index in [9.17, 15) is 24.0 Å². The Labute approximate surface area is 191 Å². The molecule has 1 aromatic rings. The molecule has 172 valence electrons. The molecule has 2 saturated heterocycles. The van der Waals surface area contributed by atoms with Crippen molar-refractivity contribution in [3.8, 4) is 11.8 Å². The molecule has 4 amide bonds. The second kappa shape index (κ2) is 8.45. The second-order valence-electron chi connectivity index (χ2n) is 9.45. The van der Waals surface area contributed by atoms with Crippen LogP contribution in [0.25, 0.3) is 0 Å². The number of hydrogen-bond donors (Lipinski definition) is 1. The first-order chi connectivity index (χ1) is 15.5. The maximum atomic E-state index is 12.9. The number of benzene rings is 1. The van der Waals surface area contributed by atoms with E-state index in [2.05, 4.69) is 17.2 Å². The zero-order chi connectivity index (χ0) is 23.9. The fourth-order valence-corrected chi connectivity index (χ4v) is 4.08. The van der Waals surface area contributed by atoms with Crippen LogP contribution in [-0.2, 0) is 19.1 Å². The highest BCUT2D eigenvalue weighted by molar-refractivity contribution is 6.23. The van der Waals surface area contributed by atoms with E-state index in [4.69, 9.17) is 4.74 Å². The zero-order valence-corrected chi connectivity index (χ0v) is 18.8. The molecule has 3 aliphatic heterocycles. The Kier molecular flexibility index (Phi) is 5.80. The lowest BCUT2D eigenvalue weighted by molar-refractivity contribution is -0.157. The number of carbonyl (C=O) groups is 5. The van der Waals surface area contributed by atoms with Crippen molar-refractivity contribution in [2.45, 2.75) is 45.3 Å². The lowest BCUT2D eigenvalue weighted by Gasteiger charge is -2.36. The molecule has 3 heterocycles. The van der Waals surface area contributed by atoms with Crippen LogP contribution >= 0.6 is 0 Å². The van der Waals surface area contributed by atoms with Crippen LogP contribution in [0.5, 0.6) is 0 Å². The Morgan fingerprint density at radius 1 is 1.12 bits per heavy atom. The second-order valence-corrected chi connectivity index (χ2v) is 9.45. The minimum atomic E-state index is -0.990. The number of piperidine rings is 1. The summed E-state index contributed by atoms with van der Waals surface area (Å²) in [6.07, 6.45) is 0.192. The highest BCUT2D eigenvalue weighted by Gasteiger charge is 2.44. The number of imide groups is 2. The molecule has 2 fully saturated rings. The van der Waals surface area contributed by atoms with E-state index in [1.54, 1.807) is 18.2 Å². The Bertz CT molecular complexity index is 1120. The minimum Gasteiger partial charge on any atom is -0.459 e.